The lowest BCUT2D eigenvalue weighted by molar-refractivity contribution is 0.273. The Morgan fingerprint density at radius 2 is 1.59 bits per heavy atom. The van der Waals surface area contributed by atoms with Crippen LogP contribution in [0.15, 0.2) is 24.3 Å². The van der Waals surface area contributed by atoms with Gasteiger partial charge in [-0.1, -0.05) is 18.6 Å². The Hall–Kier alpha value is -1.04. The molecule has 0 aromatic heterocycles. The number of unbranched alkanes of at least 4 members (excludes halogenated alkanes) is 3. The average Bonchev–Trinajstić information content (AvgIpc) is 2.34. The normalized spacial score (nSPS) is 10.3. The third kappa shape index (κ3) is 5.72. The second kappa shape index (κ2) is 8.11. The van der Waals surface area contributed by atoms with Crippen molar-refractivity contribution in [1.82, 2.24) is 0 Å². The van der Waals surface area contributed by atoms with Gasteiger partial charge in [-0.15, -0.1) is 0 Å². The summed E-state index contributed by atoms with van der Waals surface area (Å²) in [6.07, 6.45) is 3.89. The summed E-state index contributed by atoms with van der Waals surface area (Å²) in [5.41, 5.74) is 0.459. The Morgan fingerprint density at radius 3 is 2.18 bits per heavy atom. The molecule has 0 saturated carbocycles. The molecule has 0 spiro atoms. The molecule has 0 saturated heterocycles. The molecular formula is C12H19BO4. The van der Waals surface area contributed by atoms with Gasteiger partial charge in [0.25, 0.3) is 0 Å². The van der Waals surface area contributed by atoms with Gasteiger partial charge in [-0.05, 0) is 36.9 Å². The summed E-state index contributed by atoms with van der Waals surface area (Å²) in [7, 11) is -1.43. The highest BCUT2D eigenvalue weighted by Gasteiger charge is 2.09. The summed E-state index contributed by atoms with van der Waals surface area (Å²) in [5, 5.41) is 26.4. The number of hydrogen-bond donors (Lipinski definition) is 3. The van der Waals surface area contributed by atoms with Crippen molar-refractivity contribution in [2.75, 3.05) is 13.2 Å². The lowest BCUT2D eigenvalue weighted by Gasteiger charge is -2.06. The van der Waals surface area contributed by atoms with Crippen LogP contribution in [-0.2, 0) is 0 Å². The molecule has 5 heteroatoms. The molecule has 3 N–H and O–H groups in total. The molecule has 0 bridgehead atoms. The van der Waals surface area contributed by atoms with Crippen molar-refractivity contribution in [3.8, 4) is 5.75 Å². The maximum Gasteiger partial charge on any atom is 0.488 e. The van der Waals surface area contributed by atoms with Crippen LogP contribution in [0.2, 0.25) is 0 Å². The topological polar surface area (TPSA) is 69.9 Å². The van der Waals surface area contributed by atoms with Crippen molar-refractivity contribution in [1.29, 1.82) is 0 Å². The number of hydrogen-bond acceptors (Lipinski definition) is 4. The molecule has 0 amide bonds. The van der Waals surface area contributed by atoms with E-state index in [9.17, 15) is 0 Å². The molecule has 1 rings (SSSR count). The van der Waals surface area contributed by atoms with Crippen LogP contribution >= 0.6 is 0 Å². The zero-order valence-corrected chi connectivity index (χ0v) is 9.88. The van der Waals surface area contributed by atoms with E-state index in [2.05, 4.69) is 0 Å². The Balaban J connectivity index is 2.19. The Morgan fingerprint density at radius 1 is 0.941 bits per heavy atom. The zero-order valence-electron chi connectivity index (χ0n) is 9.88. The van der Waals surface area contributed by atoms with Gasteiger partial charge in [0, 0.05) is 6.61 Å². The third-order valence-electron chi connectivity index (χ3n) is 2.50. The van der Waals surface area contributed by atoms with E-state index in [0.717, 1.165) is 31.4 Å². The van der Waals surface area contributed by atoms with E-state index >= 15 is 0 Å². The summed E-state index contributed by atoms with van der Waals surface area (Å²) in [4.78, 5) is 0. The van der Waals surface area contributed by atoms with Crippen molar-refractivity contribution >= 4 is 12.6 Å². The predicted molar refractivity (Wildman–Crippen MR) is 67.3 cm³/mol. The second-order valence-electron chi connectivity index (χ2n) is 3.93. The second-order valence-corrected chi connectivity index (χ2v) is 3.93. The number of rotatable bonds is 8. The van der Waals surface area contributed by atoms with Gasteiger partial charge < -0.3 is 19.9 Å². The lowest BCUT2D eigenvalue weighted by Crippen LogP contribution is -2.29. The van der Waals surface area contributed by atoms with Gasteiger partial charge in [0.05, 0.1) is 6.61 Å². The first-order valence-electron chi connectivity index (χ1n) is 5.94. The van der Waals surface area contributed by atoms with Crippen LogP contribution < -0.4 is 10.2 Å². The van der Waals surface area contributed by atoms with Crippen LogP contribution in [0.5, 0.6) is 5.75 Å². The van der Waals surface area contributed by atoms with Gasteiger partial charge >= 0.3 is 7.12 Å². The van der Waals surface area contributed by atoms with Gasteiger partial charge in [-0.25, -0.2) is 0 Å². The van der Waals surface area contributed by atoms with Crippen LogP contribution in [0, 0.1) is 0 Å². The van der Waals surface area contributed by atoms with E-state index in [1.54, 1.807) is 24.3 Å². The van der Waals surface area contributed by atoms with E-state index in [-0.39, 0.29) is 6.61 Å². The van der Waals surface area contributed by atoms with Gasteiger partial charge in [0.2, 0.25) is 0 Å². The van der Waals surface area contributed by atoms with E-state index in [1.807, 2.05) is 0 Å². The summed E-state index contributed by atoms with van der Waals surface area (Å²) < 4.78 is 5.50. The predicted octanol–water partition coefficient (Wildman–Crippen LogP) is 0.298. The molecule has 0 fully saturated rings. The van der Waals surface area contributed by atoms with E-state index in [0.29, 0.717) is 12.1 Å². The molecule has 4 nitrogen and oxygen atoms in total. The molecule has 1 aromatic carbocycles. The van der Waals surface area contributed by atoms with Crippen LogP contribution in [-0.4, -0.2) is 35.5 Å². The molecule has 0 unspecified atom stereocenters. The minimum Gasteiger partial charge on any atom is -0.494 e. The molecule has 0 atom stereocenters. The number of ether oxygens (including phenoxy) is 1. The fourth-order valence-electron chi connectivity index (χ4n) is 1.49. The first kappa shape index (κ1) is 14.0. The standard InChI is InChI=1S/C12H19BO4/c14-9-3-1-2-4-10-17-12-7-5-11(6-8-12)13(15)16/h5-8,14-16H,1-4,9-10H2. The van der Waals surface area contributed by atoms with E-state index in [4.69, 9.17) is 19.9 Å². The first-order valence-corrected chi connectivity index (χ1v) is 5.94. The molecular weight excluding hydrogens is 219 g/mol. The summed E-state index contributed by atoms with van der Waals surface area (Å²) in [5.74, 6) is 0.733. The molecule has 94 valence electrons. The smallest absolute Gasteiger partial charge is 0.488 e. The summed E-state index contributed by atoms with van der Waals surface area (Å²) >= 11 is 0. The molecule has 0 aliphatic carbocycles. The Kier molecular flexibility index (Phi) is 6.70. The van der Waals surface area contributed by atoms with E-state index in [1.165, 1.54) is 0 Å². The monoisotopic (exact) mass is 238 g/mol. The summed E-state index contributed by atoms with van der Waals surface area (Å²) in [6, 6.07) is 6.71. The molecule has 1 aromatic rings. The average molecular weight is 238 g/mol. The van der Waals surface area contributed by atoms with Crippen molar-refractivity contribution < 1.29 is 19.9 Å². The lowest BCUT2D eigenvalue weighted by atomic mass is 9.80. The first-order chi connectivity index (χ1) is 8.24. The minimum atomic E-state index is -1.43. The fourth-order valence-corrected chi connectivity index (χ4v) is 1.49. The number of benzene rings is 1. The third-order valence-corrected chi connectivity index (χ3v) is 2.50. The van der Waals surface area contributed by atoms with Gasteiger partial charge in [-0.2, -0.15) is 0 Å². The van der Waals surface area contributed by atoms with Crippen LogP contribution in [0.3, 0.4) is 0 Å². The van der Waals surface area contributed by atoms with Crippen LogP contribution in [0.25, 0.3) is 0 Å². The highest BCUT2D eigenvalue weighted by molar-refractivity contribution is 6.58. The van der Waals surface area contributed by atoms with Gasteiger partial charge in [0.1, 0.15) is 5.75 Å². The molecule has 0 aliphatic heterocycles. The van der Waals surface area contributed by atoms with Crippen LogP contribution in [0.4, 0.5) is 0 Å². The molecule has 0 radical (unpaired) electrons. The number of aliphatic hydroxyl groups is 1. The quantitative estimate of drug-likeness (QED) is 0.450. The van der Waals surface area contributed by atoms with Gasteiger partial charge in [-0.3, -0.25) is 0 Å². The van der Waals surface area contributed by atoms with Crippen molar-refractivity contribution in [3.05, 3.63) is 24.3 Å². The van der Waals surface area contributed by atoms with Crippen molar-refractivity contribution in [2.45, 2.75) is 25.7 Å². The Labute approximate surface area is 102 Å². The van der Waals surface area contributed by atoms with E-state index < -0.39 is 7.12 Å². The number of aliphatic hydroxyl groups excluding tert-OH is 1. The zero-order chi connectivity index (χ0) is 12.5. The fraction of sp³-hybridized carbons (Fsp3) is 0.500. The molecule has 0 aliphatic rings. The van der Waals surface area contributed by atoms with Crippen molar-refractivity contribution in [3.63, 3.8) is 0 Å². The largest absolute Gasteiger partial charge is 0.494 e. The maximum absolute atomic E-state index is 8.91. The summed E-state index contributed by atoms with van der Waals surface area (Å²) in [6.45, 7) is 0.901. The SMILES string of the molecule is OCCCCCCOc1ccc(B(O)O)cc1. The van der Waals surface area contributed by atoms with Crippen LogP contribution in [0.1, 0.15) is 25.7 Å². The molecule has 0 heterocycles. The highest BCUT2D eigenvalue weighted by Crippen LogP contribution is 2.09. The molecule has 17 heavy (non-hydrogen) atoms. The highest BCUT2D eigenvalue weighted by atomic mass is 16.5. The van der Waals surface area contributed by atoms with Gasteiger partial charge in [0.15, 0.2) is 0 Å². The van der Waals surface area contributed by atoms with Crippen molar-refractivity contribution in [2.24, 2.45) is 0 Å². The minimum absolute atomic E-state index is 0.256. The Bertz CT molecular complexity index is 300. The maximum atomic E-state index is 8.91.